The zero-order valence-corrected chi connectivity index (χ0v) is 9.34. The maximum atomic E-state index is 11.6. The van der Waals surface area contributed by atoms with Crippen molar-refractivity contribution in [3.63, 3.8) is 0 Å². The van der Waals surface area contributed by atoms with Crippen LogP contribution in [0.25, 0.3) is 0 Å². The molecule has 0 aromatic heterocycles. The molecule has 1 heterocycles. The minimum Gasteiger partial charge on any atom is -0.368 e. The van der Waals surface area contributed by atoms with Crippen LogP contribution in [-0.4, -0.2) is 31.7 Å². The number of carbonyl (C=O) groups excluding carboxylic acids is 1. The van der Waals surface area contributed by atoms with Crippen molar-refractivity contribution in [3.05, 3.63) is 0 Å². The lowest BCUT2D eigenvalue weighted by atomic mass is 10.1. The van der Waals surface area contributed by atoms with Crippen LogP contribution >= 0.6 is 0 Å². The third kappa shape index (κ3) is 5.14. The molecule has 3 N–H and O–H groups in total. The average Bonchev–Trinajstić information content (AvgIpc) is 2.30. The van der Waals surface area contributed by atoms with E-state index in [4.69, 9.17) is 10.5 Å². The molecule has 1 amide bonds. The van der Waals surface area contributed by atoms with E-state index in [-0.39, 0.29) is 12.0 Å². The summed E-state index contributed by atoms with van der Waals surface area (Å²) < 4.78 is 5.39. The molecule has 0 bridgehead atoms. The van der Waals surface area contributed by atoms with Crippen LogP contribution in [0, 0.1) is 0 Å². The van der Waals surface area contributed by atoms with Crippen LogP contribution in [0.1, 0.15) is 38.5 Å². The number of amides is 1. The molecule has 88 valence electrons. The van der Waals surface area contributed by atoms with E-state index in [1.165, 1.54) is 0 Å². The fraction of sp³-hybridized carbons (Fsp3) is 0.909. The number of carbonyl (C=O) groups is 1. The van der Waals surface area contributed by atoms with E-state index in [1.807, 2.05) is 0 Å². The SMILES string of the molecule is NCCCCCNC(=O)C1CCCCO1. The number of hydrogen-bond acceptors (Lipinski definition) is 3. The van der Waals surface area contributed by atoms with E-state index in [0.717, 1.165) is 58.2 Å². The van der Waals surface area contributed by atoms with Crippen LogP contribution in [-0.2, 0) is 9.53 Å². The lowest BCUT2D eigenvalue weighted by Gasteiger charge is -2.21. The number of nitrogens with two attached hydrogens (primary N) is 1. The minimum atomic E-state index is -0.201. The Morgan fingerprint density at radius 1 is 1.33 bits per heavy atom. The van der Waals surface area contributed by atoms with Gasteiger partial charge in [-0.05, 0) is 38.6 Å². The Morgan fingerprint density at radius 2 is 2.20 bits per heavy atom. The van der Waals surface area contributed by atoms with Gasteiger partial charge in [0.25, 0.3) is 0 Å². The molecule has 15 heavy (non-hydrogen) atoms. The summed E-state index contributed by atoms with van der Waals surface area (Å²) in [5.74, 6) is 0.0578. The van der Waals surface area contributed by atoms with Crippen molar-refractivity contribution >= 4 is 5.91 Å². The molecule has 4 heteroatoms. The van der Waals surface area contributed by atoms with Gasteiger partial charge in [0.2, 0.25) is 5.91 Å². The third-order valence-electron chi connectivity index (χ3n) is 2.65. The first-order valence-corrected chi connectivity index (χ1v) is 5.94. The minimum absolute atomic E-state index is 0.0578. The van der Waals surface area contributed by atoms with Crippen LogP contribution in [0.4, 0.5) is 0 Å². The summed E-state index contributed by atoms with van der Waals surface area (Å²) in [4.78, 5) is 11.6. The monoisotopic (exact) mass is 214 g/mol. The van der Waals surface area contributed by atoms with Crippen LogP contribution in [0.2, 0.25) is 0 Å². The molecule has 1 saturated heterocycles. The van der Waals surface area contributed by atoms with Gasteiger partial charge in [0, 0.05) is 13.2 Å². The maximum absolute atomic E-state index is 11.6. The zero-order chi connectivity index (χ0) is 10.9. The average molecular weight is 214 g/mol. The van der Waals surface area contributed by atoms with Crippen molar-refractivity contribution in [2.24, 2.45) is 5.73 Å². The van der Waals surface area contributed by atoms with Gasteiger partial charge in [-0.3, -0.25) is 4.79 Å². The highest BCUT2D eigenvalue weighted by atomic mass is 16.5. The van der Waals surface area contributed by atoms with Crippen molar-refractivity contribution in [2.75, 3.05) is 19.7 Å². The predicted octanol–water partition coefficient (Wildman–Crippen LogP) is 0.801. The van der Waals surface area contributed by atoms with Crippen LogP contribution < -0.4 is 11.1 Å². The highest BCUT2D eigenvalue weighted by Gasteiger charge is 2.20. The van der Waals surface area contributed by atoms with Gasteiger partial charge in [-0.2, -0.15) is 0 Å². The molecular weight excluding hydrogens is 192 g/mol. The Kier molecular flexibility index (Phi) is 6.36. The van der Waals surface area contributed by atoms with Crippen molar-refractivity contribution in [2.45, 2.75) is 44.6 Å². The van der Waals surface area contributed by atoms with E-state index < -0.39 is 0 Å². The van der Waals surface area contributed by atoms with Gasteiger partial charge in [0.1, 0.15) is 6.10 Å². The van der Waals surface area contributed by atoms with Gasteiger partial charge in [-0.1, -0.05) is 6.42 Å². The summed E-state index contributed by atoms with van der Waals surface area (Å²) in [6, 6.07) is 0. The summed E-state index contributed by atoms with van der Waals surface area (Å²) in [5.41, 5.74) is 5.38. The topological polar surface area (TPSA) is 64.3 Å². The lowest BCUT2D eigenvalue weighted by Crippen LogP contribution is -2.38. The fourth-order valence-corrected chi connectivity index (χ4v) is 1.72. The smallest absolute Gasteiger partial charge is 0.249 e. The van der Waals surface area contributed by atoms with E-state index >= 15 is 0 Å². The van der Waals surface area contributed by atoms with Crippen LogP contribution in [0.5, 0.6) is 0 Å². The Labute approximate surface area is 91.5 Å². The molecule has 0 radical (unpaired) electrons. The fourth-order valence-electron chi connectivity index (χ4n) is 1.72. The van der Waals surface area contributed by atoms with Gasteiger partial charge >= 0.3 is 0 Å². The largest absolute Gasteiger partial charge is 0.368 e. The summed E-state index contributed by atoms with van der Waals surface area (Å²) in [5, 5.41) is 2.91. The van der Waals surface area contributed by atoms with Crippen LogP contribution in [0.15, 0.2) is 0 Å². The van der Waals surface area contributed by atoms with Gasteiger partial charge in [-0.25, -0.2) is 0 Å². The van der Waals surface area contributed by atoms with Crippen molar-refractivity contribution in [3.8, 4) is 0 Å². The number of nitrogens with one attached hydrogen (secondary N) is 1. The molecule has 1 aliphatic heterocycles. The molecule has 0 spiro atoms. The quantitative estimate of drug-likeness (QED) is 0.643. The highest BCUT2D eigenvalue weighted by molar-refractivity contribution is 5.80. The zero-order valence-electron chi connectivity index (χ0n) is 9.34. The van der Waals surface area contributed by atoms with E-state index in [1.54, 1.807) is 0 Å². The Hall–Kier alpha value is -0.610. The lowest BCUT2D eigenvalue weighted by molar-refractivity contribution is -0.135. The first-order chi connectivity index (χ1) is 7.34. The Balaban J connectivity index is 2.02. The second-order valence-corrected chi connectivity index (χ2v) is 4.00. The molecule has 4 nitrogen and oxygen atoms in total. The van der Waals surface area contributed by atoms with E-state index in [2.05, 4.69) is 5.32 Å². The second kappa shape index (κ2) is 7.65. The van der Waals surface area contributed by atoms with Gasteiger partial charge < -0.3 is 15.8 Å². The summed E-state index contributed by atoms with van der Waals surface area (Å²) in [6.45, 7) is 2.21. The number of unbranched alkanes of at least 4 members (excludes halogenated alkanes) is 2. The molecule has 0 aromatic carbocycles. The van der Waals surface area contributed by atoms with Gasteiger partial charge in [-0.15, -0.1) is 0 Å². The molecule has 0 aliphatic carbocycles. The first kappa shape index (κ1) is 12.5. The van der Waals surface area contributed by atoms with E-state index in [9.17, 15) is 4.79 Å². The van der Waals surface area contributed by atoms with Crippen molar-refractivity contribution < 1.29 is 9.53 Å². The molecule has 1 atom stereocenters. The normalized spacial score (nSPS) is 21.3. The maximum Gasteiger partial charge on any atom is 0.249 e. The second-order valence-electron chi connectivity index (χ2n) is 4.00. The standard InChI is InChI=1S/C11H22N2O2/c12-7-3-1-4-8-13-11(14)10-6-2-5-9-15-10/h10H,1-9,12H2,(H,13,14). The molecule has 0 aromatic rings. The number of ether oxygens (including phenoxy) is 1. The first-order valence-electron chi connectivity index (χ1n) is 5.94. The molecular formula is C11H22N2O2. The number of rotatable bonds is 6. The Morgan fingerprint density at radius 3 is 2.87 bits per heavy atom. The summed E-state index contributed by atoms with van der Waals surface area (Å²) >= 11 is 0. The molecule has 1 aliphatic rings. The number of hydrogen-bond donors (Lipinski definition) is 2. The van der Waals surface area contributed by atoms with Gasteiger partial charge in [0.05, 0.1) is 0 Å². The summed E-state index contributed by atoms with van der Waals surface area (Å²) in [6.07, 6.45) is 5.99. The highest BCUT2D eigenvalue weighted by Crippen LogP contribution is 2.12. The molecule has 0 saturated carbocycles. The van der Waals surface area contributed by atoms with E-state index in [0.29, 0.717) is 0 Å². The predicted molar refractivity (Wildman–Crippen MR) is 59.5 cm³/mol. The molecule has 1 fully saturated rings. The van der Waals surface area contributed by atoms with Crippen molar-refractivity contribution in [1.82, 2.24) is 5.32 Å². The van der Waals surface area contributed by atoms with Crippen molar-refractivity contribution in [1.29, 1.82) is 0 Å². The molecule has 1 unspecified atom stereocenters. The van der Waals surface area contributed by atoms with Crippen LogP contribution in [0.3, 0.4) is 0 Å². The Bertz CT molecular complexity index is 179. The van der Waals surface area contributed by atoms with Gasteiger partial charge in [0.15, 0.2) is 0 Å². The molecule has 1 rings (SSSR count). The third-order valence-corrected chi connectivity index (χ3v) is 2.65. The summed E-state index contributed by atoms with van der Waals surface area (Å²) in [7, 11) is 0.